The van der Waals surface area contributed by atoms with Crippen molar-refractivity contribution in [3.63, 3.8) is 0 Å². The van der Waals surface area contributed by atoms with E-state index >= 15 is 0 Å². The molecule has 2 heterocycles. The summed E-state index contributed by atoms with van der Waals surface area (Å²) >= 11 is 0. The van der Waals surface area contributed by atoms with E-state index in [0.29, 0.717) is 5.75 Å². The second-order valence-electron chi connectivity index (χ2n) is 12.0. The first-order valence-corrected chi connectivity index (χ1v) is 14.6. The summed E-state index contributed by atoms with van der Waals surface area (Å²) in [4.78, 5) is 53.9. The van der Waals surface area contributed by atoms with Crippen LogP contribution in [0.3, 0.4) is 0 Å². The molecule has 2 aromatic rings. The third kappa shape index (κ3) is 14.4. The molecule has 0 saturated carbocycles. The van der Waals surface area contributed by atoms with Gasteiger partial charge in [-0.15, -0.1) is 0 Å². The lowest BCUT2D eigenvalue weighted by molar-refractivity contribution is -0.158. The Morgan fingerprint density at radius 2 is 1.16 bits per heavy atom. The Bertz CT molecular complexity index is 1260. The number of aromatic nitrogens is 2. The van der Waals surface area contributed by atoms with Gasteiger partial charge in [-0.05, 0) is 20.8 Å². The summed E-state index contributed by atoms with van der Waals surface area (Å²) in [5, 5.41) is 9.60. The topological polar surface area (TPSA) is 160 Å². The predicted molar refractivity (Wildman–Crippen MR) is 169 cm³/mol. The lowest BCUT2D eigenvalue weighted by atomic mass is 10.1. The van der Waals surface area contributed by atoms with E-state index in [1.165, 1.54) is 32.7 Å². The summed E-state index contributed by atoms with van der Waals surface area (Å²) in [6.45, 7) is 19.5. The maximum atomic E-state index is 12.1. The zero-order chi connectivity index (χ0) is 35.1. The summed E-state index contributed by atoms with van der Waals surface area (Å²) in [7, 11) is 2.89. The molecule has 12 heteroatoms. The lowest BCUT2D eigenvalue weighted by Gasteiger charge is -2.20. The Kier molecular flexibility index (Phi) is 17.4. The number of esters is 2. The average Bonchev–Trinajstić information content (AvgIpc) is 2.96. The number of nitrogens with zero attached hydrogens (tertiary/aromatic N) is 2. The molecule has 0 amide bonds. The number of Topliss-reactive ketones (excluding diaryl/α,β-unsaturated/α-hetero) is 2. The molecule has 0 saturated heterocycles. The molecule has 0 unspecified atom stereocenters. The van der Waals surface area contributed by atoms with Gasteiger partial charge >= 0.3 is 11.9 Å². The third-order valence-corrected chi connectivity index (χ3v) is 5.47. The van der Waals surface area contributed by atoms with Crippen LogP contribution in [0.2, 0.25) is 0 Å². The van der Waals surface area contributed by atoms with Gasteiger partial charge in [0.25, 0.3) is 0 Å². The summed E-state index contributed by atoms with van der Waals surface area (Å²) in [6, 6.07) is 3.09. The number of carbonyl (C=O) groups excluding carboxylic acids is 4. The van der Waals surface area contributed by atoms with Gasteiger partial charge in [0.2, 0.25) is 6.79 Å². The minimum Gasteiger partial charge on any atom is -0.503 e. The van der Waals surface area contributed by atoms with Crippen LogP contribution in [0.4, 0.5) is 0 Å². The number of hydrogen-bond donors (Lipinski definition) is 1. The first-order chi connectivity index (χ1) is 20.8. The van der Waals surface area contributed by atoms with Crippen molar-refractivity contribution >= 4 is 23.5 Å². The normalized spacial score (nSPS) is 10.8. The molecule has 2 aromatic heterocycles. The van der Waals surface area contributed by atoms with Crippen molar-refractivity contribution in [2.24, 2.45) is 23.7 Å². The summed E-state index contributed by atoms with van der Waals surface area (Å²) in [5.74, 6) is -0.934. The second-order valence-corrected chi connectivity index (χ2v) is 12.0. The molecule has 12 nitrogen and oxygen atoms in total. The van der Waals surface area contributed by atoms with Gasteiger partial charge in [-0.25, -0.2) is 9.97 Å². The van der Waals surface area contributed by atoms with Crippen LogP contribution in [0.5, 0.6) is 23.0 Å². The van der Waals surface area contributed by atoms with Crippen molar-refractivity contribution in [2.75, 3.05) is 21.0 Å². The molecule has 45 heavy (non-hydrogen) atoms. The zero-order valence-corrected chi connectivity index (χ0v) is 28.8. The van der Waals surface area contributed by atoms with Gasteiger partial charge in [0.15, 0.2) is 46.0 Å². The Morgan fingerprint density at radius 3 is 1.56 bits per heavy atom. The Balaban J connectivity index is 0.000000697. The fourth-order valence-electron chi connectivity index (χ4n) is 2.97. The van der Waals surface area contributed by atoms with Crippen LogP contribution in [0.15, 0.2) is 24.5 Å². The minimum atomic E-state index is -0.380. The van der Waals surface area contributed by atoms with Crippen LogP contribution in [0.25, 0.3) is 0 Å². The standard InChI is InChI=1S/C15H21NO5.C10H13NO3.C8H16O2/c1-9(2)13(17)12-14(11(19-5)6-7-16-12)20-8-21-15(18)10(3)4;1-6(2)9(12)8-10(13)7(14-3)4-5-11-8;1-6(2)7(9)10-8(3,4)5/h6-7,9-10H,8H2,1-5H3;4-6,13H,1-3H3;6H,1-5H3. The molecule has 0 atom stereocenters. The van der Waals surface area contributed by atoms with Gasteiger partial charge in [0.05, 0.1) is 26.1 Å². The fourth-order valence-corrected chi connectivity index (χ4v) is 2.97. The molecule has 252 valence electrons. The molecule has 0 radical (unpaired) electrons. The van der Waals surface area contributed by atoms with Crippen LogP contribution < -0.4 is 14.2 Å². The second kappa shape index (κ2) is 19.2. The summed E-state index contributed by atoms with van der Waals surface area (Å²) in [6.07, 6.45) is 2.91. The van der Waals surface area contributed by atoms with Crippen LogP contribution in [0, 0.1) is 23.7 Å². The molecule has 0 aliphatic carbocycles. The van der Waals surface area contributed by atoms with Crippen LogP contribution in [-0.4, -0.2) is 65.2 Å². The smallest absolute Gasteiger partial charge is 0.311 e. The van der Waals surface area contributed by atoms with Crippen LogP contribution in [-0.2, 0) is 19.1 Å². The van der Waals surface area contributed by atoms with Gasteiger partial charge < -0.3 is 28.8 Å². The van der Waals surface area contributed by atoms with Crippen molar-refractivity contribution in [3.05, 3.63) is 35.9 Å². The van der Waals surface area contributed by atoms with Crippen molar-refractivity contribution < 1.29 is 48.0 Å². The zero-order valence-electron chi connectivity index (χ0n) is 28.8. The molecule has 0 bridgehead atoms. The average molecular weight is 635 g/mol. The van der Waals surface area contributed by atoms with Crippen LogP contribution in [0.1, 0.15) is 97.1 Å². The number of carbonyl (C=O) groups is 4. The molecule has 0 fully saturated rings. The highest BCUT2D eigenvalue weighted by Gasteiger charge is 2.22. The van der Waals surface area contributed by atoms with Crippen LogP contribution >= 0.6 is 0 Å². The molecular formula is C33H50N2O10. The number of ketones is 2. The van der Waals surface area contributed by atoms with Gasteiger partial charge in [0, 0.05) is 36.4 Å². The van der Waals surface area contributed by atoms with Gasteiger partial charge in [0.1, 0.15) is 5.60 Å². The molecule has 0 spiro atoms. The highest BCUT2D eigenvalue weighted by Crippen LogP contribution is 2.31. The number of hydrogen-bond acceptors (Lipinski definition) is 12. The van der Waals surface area contributed by atoms with E-state index in [1.54, 1.807) is 47.6 Å². The third-order valence-electron chi connectivity index (χ3n) is 5.47. The maximum Gasteiger partial charge on any atom is 0.311 e. The van der Waals surface area contributed by atoms with Gasteiger partial charge in [-0.2, -0.15) is 0 Å². The predicted octanol–water partition coefficient (Wildman–Crippen LogP) is 6.08. The number of ether oxygens (including phenoxy) is 5. The molecule has 0 aromatic carbocycles. The van der Waals surface area contributed by atoms with Gasteiger partial charge in [-0.3, -0.25) is 19.2 Å². The highest BCUT2D eigenvalue weighted by molar-refractivity contribution is 5.99. The van der Waals surface area contributed by atoms with E-state index in [2.05, 4.69) is 9.97 Å². The highest BCUT2D eigenvalue weighted by atomic mass is 16.7. The number of pyridine rings is 2. The van der Waals surface area contributed by atoms with E-state index in [0.717, 1.165) is 0 Å². The quantitative estimate of drug-likeness (QED) is 0.172. The van der Waals surface area contributed by atoms with E-state index in [4.69, 9.17) is 23.7 Å². The molecule has 0 aliphatic heterocycles. The van der Waals surface area contributed by atoms with Gasteiger partial charge in [-0.1, -0.05) is 55.4 Å². The fraction of sp³-hybridized carbons (Fsp3) is 0.576. The summed E-state index contributed by atoms with van der Waals surface area (Å²) in [5.41, 5.74) is -0.106. The van der Waals surface area contributed by atoms with E-state index in [1.807, 2.05) is 34.6 Å². The monoisotopic (exact) mass is 634 g/mol. The van der Waals surface area contributed by atoms with Crippen molar-refractivity contribution in [2.45, 2.75) is 81.8 Å². The molecular weight excluding hydrogens is 584 g/mol. The maximum absolute atomic E-state index is 12.1. The summed E-state index contributed by atoms with van der Waals surface area (Å²) < 4.78 is 25.4. The lowest BCUT2D eigenvalue weighted by Crippen LogP contribution is -2.26. The SMILES string of the molecule is CC(C)C(=O)OC(C)(C)C.COc1ccnc(C(=O)C(C)C)c1O.COc1ccnc(C(=O)C(C)C)c1OCOC(=O)C(C)C. The van der Waals surface area contributed by atoms with Crippen molar-refractivity contribution in [1.29, 1.82) is 0 Å². The molecule has 2 rings (SSSR count). The Hall–Kier alpha value is -4.22. The van der Waals surface area contributed by atoms with E-state index in [9.17, 15) is 24.3 Å². The first kappa shape index (κ1) is 40.8. The minimum absolute atomic E-state index is 0.0285. The first-order valence-electron chi connectivity index (χ1n) is 14.6. The number of methoxy groups -OCH3 is 2. The van der Waals surface area contributed by atoms with E-state index < -0.39 is 0 Å². The van der Waals surface area contributed by atoms with Crippen molar-refractivity contribution in [1.82, 2.24) is 9.97 Å². The Morgan fingerprint density at radius 1 is 0.711 bits per heavy atom. The Labute approximate surface area is 266 Å². The van der Waals surface area contributed by atoms with Crippen molar-refractivity contribution in [3.8, 4) is 23.0 Å². The van der Waals surface area contributed by atoms with E-state index in [-0.39, 0.29) is 88.2 Å². The number of aromatic hydroxyl groups is 1. The number of rotatable bonds is 11. The molecule has 1 N–H and O–H groups in total. The molecule has 0 aliphatic rings. The largest absolute Gasteiger partial charge is 0.503 e.